The molecule has 2 heterocycles. The molecule has 0 N–H and O–H groups in total. The topological polar surface area (TPSA) is 82.9 Å². The van der Waals surface area contributed by atoms with Gasteiger partial charge in [0.05, 0.1) is 21.6 Å². The Morgan fingerprint density at radius 1 is 1.00 bits per heavy atom. The number of para-hydroxylation sites is 1. The van der Waals surface area contributed by atoms with Gasteiger partial charge in [-0.05, 0) is 67.4 Å². The van der Waals surface area contributed by atoms with E-state index >= 15 is 0 Å². The molecule has 0 saturated carbocycles. The standard InChI is InChI=1S/C25H18ClFN4O3/c1-14-9-15(2)11-17(10-14)31-24(32)18-5-3-4-6-21(18)30(25(31)33)13-22-28-23(29-34-22)16-7-8-20(27)19(26)12-16/h3-12H,13H2,1-2H3. The smallest absolute Gasteiger partial charge is 0.336 e. The van der Waals surface area contributed by atoms with Crippen molar-refractivity contribution in [3.8, 4) is 17.1 Å². The third kappa shape index (κ3) is 3.82. The lowest BCUT2D eigenvalue weighted by Crippen LogP contribution is -2.39. The van der Waals surface area contributed by atoms with Crippen LogP contribution in [0.15, 0.2) is 74.8 Å². The first kappa shape index (κ1) is 21.8. The molecule has 0 amide bonds. The van der Waals surface area contributed by atoms with Crippen molar-refractivity contribution in [3.05, 3.63) is 109 Å². The van der Waals surface area contributed by atoms with E-state index in [1.54, 1.807) is 36.4 Å². The van der Waals surface area contributed by atoms with Gasteiger partial charge in [0.1, 0.15) is 12.4 Å². The lowest BCUT2D eigenvalue weighted by molar-refractivity contribution is 0.370. The predicted molar refractivity (Wildman–Crippen MR) is 127 cm³/mol. The Morgan fingerprint density at radius 3 is 2.47 bits per heavy atom. The van der Waals surface area contributed by atoms with Crippen LogP contribution in [0.4, 0.5) is 4.39 Å². The maximum Gasteiger partial charge on any atom is 0.336 e. The summed E-state index contributed by atoms with van der Waals surface area (Å²) < 4.78 is 21.4. The number of rotatable bonds is 4. The van der Waals surface area contributed by atoms with E-state index in [1.807, 2.05) is 19.9 Å². The average molecular weight is 477 g/mol. The first-order chi connectivity index (χ1) is 16.3. The largest absolute Gasteiger partial charge is 0.337 e. The Hall–Kier alpha value is -4.04. The van der Waals surface area contributed by atoms with Crippen molar-refractivity contribution in [2.45, 2.75) is 20.4 Å². The molecule has 0 unspecified atom stereocenters. The maximum absolute atomic E-state index is 13.6. The van der Waals surface area contributed by atoms with Gasteiger partial charge in [0.25, 0.3) is 5.56 Å². The number of hydrogen-bond acceptors (Lipinski definition) is 5. The number of halogens is 2. The van der Waals surface area contributed by atoms with Crippen molar-refractivity contribution >= 4 is 22.5 Å². The Morgan fingerprint density at radius 2 is 1.74 bits per heavy atom. The summed E-state index contributed by atoms with van der Waals surface area (Å²) in [7, 11) is 0. The second kappa shape index (κ2) is 8.39. The van der Waals surface area contributed by atoms with E-state index in [9.17, 15) is 14.0 Å². The van der Waals surface area contributed by atoms with Crippen molar-refractivity contribution in [2.75, 3.05) is 0 Å². The molecule has 0 aliphatic heterocycles. The molecule has 0 bridgehead atoms. The molecule has 0 fully saturated rings. The van der Waals surface area contributed by atoms with Crippen molar-refractivity contribution < 1.29 is 8.91 Å². The van der Waals surface area contributed by atoms with E-state index in [1.165, 1.54) is 22.8 Å². The van der Waals surface area contributed by atoms with Crippen LogP contribution >= 0.6 is 11.6 Å². The van der Waals surface area contributed by atoms with Crippen LogP contribution in [0.1, 0.15) is 17.0 Å². The normalized spacial score (nSPS) is 11.3. The number of benzene rings is 3. The van der Waals surface area contributed by atoms with Crippen LogP contribution in [-0.4, -0.2) is 19.3 Å². The van der Waals surface area contributed by atoms with Gasteiger partial charge in [-0.3, -0.25) is 9.36 Å². The monoisotopic (exact) mass is 476 g/mol. The summed E-state index contributed by atoms with van der Waals surface area (Å²) in [5.74, 6) is -0.203. The van der Waals surface area contributed by atoms with Gasteiger partial charge in [0.15, 0.2) is 0 Å². The highest BCUT2D eigenvalue weighted by atomic mass is 35.5. The van der Waals surface area contributed by atoms with Crippen LogP contribution in [0.5, 0.6) is 0 Å². The number of fused-ring (bicyclic) bond motifs is 1. The van der Waals surface area contributed by atoms with Crippen LogP contribution in [0.3, 0.4) is 0 Å². The molecule has 0 atom stereocenters. The minimum Gasteiger partial charge on any atom is -0.337 e. The number of aromatic nitrogens is 4. The van der Waals surface area contributed by atoms with E-state index in [0.717, 1.165) is 15.7 Å². The Bertz CT molecular complexity index is 1670. The molecule has 0 aliphatic carbocycles. The highest BCUT2D eigenvalue weighted by molar-refractivity contribution is 6.31. The van der Waals surface area contributed by atoms with Gasteiger partial charge in [-0.2, -0.15) is 4.98 Å². The first-order valence-corrected chi connectivity index (χ1v) is 10.8. The summed E-state index contributed by atoms with van der Waals surface area (Å²) in [6.45, 7) is 3.75. The van der Waals surface area contributed by atoms with E-state index in [4.69, 9.17) is 16.1 Å². The SMILES string of the molecule is Cc1cc(C)cc(-n2c(=O)c3ccccc3n(Cc3nc(-c4ccc(F)c(Cl)c4)no3)c2=O)c1. The van der Waals surface area contributed by atoms with Crippen molar-refractivity contribution in [1.82, 2.24) is 19.3 Å². The van der Waals surface area contributed by atoms with E-state index < -0.39 is 17.1 Å². The molecule has 3 aromatic carbocycles. The first-order valence-electron chi connectivity index (χ1n) is 10.4. The molecule has 34 heavy (non-hydrogen) atoms. The summed E-state index contributed by atoms with van der Waals surface area (Å²) in [5, 5.41) is 4.25. The van der Waals surface area contributed by atoms with Gasteiger partial charge in [0, 0.05) is 5.56 Å². The molecule has 5 aromatic rings. The number of hydrogen-bond donors (Lipinski definition) is 0. The second-order valence-corrected chi connectivity index (χ2v) is 8.42. The number of nitrogens with zero attached hydrogens (tertiary/aromatic N) is 4. The maximum atomic E-state index is 13.6. The van der Waals surface area contributed by atoms with Crippen LogP contribution in [-0.2, 0) is 6.54 Å². The Kier molecular flexibility index (Phi) is 5.37. The fraction of sp³-hybridized carbons (Fsp3) is 0.120. The zero-order valence-electron chi connectivity index (χ0n) is 18.3. The fourth-order valence-corrected chi connectivity index (χ4v) is 4.17. The third-order valence-electron chi connectivity index (χ3n) is 5.45. The Balaban J connectivity index is 1.66. The molecular formula is C25H18ClFN4O3. The molecule has 0 saturated heterocycles. The van der Waals surface area contributed by atoms with Crippen molar-refractivity contribution in [2.24, 2.45) is 0 Å². The summed E-state index contributed by atoms with van der Waals surface area (Å²) in [5.41, 5.74) is 2.33. The summed E-state index contributed by atoms with van der Waals surface area (Å²) >= 11 is 5.86. The van der Waals surface area contributed by atoms with E-state index in [-0.39, 0.29) is 23.3 Å². The predicted octanol–water partition coefficient (Wildman–Crippen LogP) is 4.66. The van der Waals surface area contributed by atoms with E-state index in [0.29, 0.717) is 22.2 Å². The summed E-state index contributed by atoms with van der Waals surface area (Å²) in [6.07, 6.45) is 0. The highest BCUT2D eigenvalue weighted by Crippen LogP contribution is 2.23. The van der Waals surface area contributed by atoms with Gasteiger partial charge >= 0.3 is 5.69 Å². The molecule has 7 nitrogen and oxygen atoms in total. The number of aryl methyl sites for hydroxylation is 2. The molecular weight excluding hydrogens is 459 g/mol. The lowest BCUT2D eigenvalue weighted by Gasteiger charge is -2.13. The molecule has 0 aliphatic rings. The molecule has 9 heteroatoms. The van der Waals surface area contributed by atoms with Crippen LogP contribution in [0, 0.1) is 19.7 Å². The Labute approximate surface area is 197 Å². The molecule has 5 rings (SSSR count). The van der Waals surface area contributed by atoms with Crippen LogP contribution in [0.2, 0.25) is 5.02 Å². The highest BCUT2D eigenvalue weighted by Gasteiger charge is 2.18. The molecule has 0 spiro atoms. The van der Waals surface area contributed by atoms with Gasteiger partial charge in [0.2, 0.25) is 11.7 Å². The van der Waals surface area contributed by atoms with Crippen molar-refractivity contribution in [1.29, 1.82) is 0 Å². The lowest BCUT2D eigenvalue weighted by atomic mass is 10.1. The van der Waals surface area contributed by atoms with E-state index in [2.05, 4.69) is 10.1 Å². The third-order valence-corrected chi connectivity index (χ3v) is 5.74. The zero-order chi connectivity index (χ0) is 24.0. The van der Waals surface area contributed by atoms with Gasteiger partial charge in [-0.15, -0.1) is 0 Å². The average Bonchev–Trinajstić information content (AvgIpc) is 3.27. The van der Waals surface area contributed by atoms with Gasteiger partial charge in [-0.25, -0.2) is 13.8 Å². The summed E-state index contributed by atoms with van der Waals surface area (Å²) in [4.78, 5) is 31.2. The van der Waals surface area contributed by atoms with Gasteiger partial charge < -0.3 is 4.52 Å². The zero-order valence-corrected chi connectivity index (χ0v) is 19.0. The minimum absolute atomic E-state index is 0.0631. The van der Waals surface area contributed by atoms with Crippen LogP contribution in [0.25, 0.3) is 28.0 Å². The molecule has 0 radical (unpaired) electrons. The quantitative estimate of drug-likeness (QED) is 0.377. The van der Waals surface area contributed by atoms with Crippen LogP contribution < -0.4 is 11.2 Å². The second-order valence-electron chi connectivity index (χ2n) is 8.01. The fourth-order valence-electron chi connectivity index (χ4n) is 3.99. The minimum atomic E-state index is -0.555. The summed E-state index contributed by atoms with van der Waals surface area (Å²) in [6, 6.07) is 16.5. The molecule has 2 aromatic heterocycles. The van der Waals surface area contributed by atoms with Gasteiger partial charge in [-0.1, -0.05) is 35.0 Å². The molecule has 170 valence electrons. The van der Waals surface area contributed by atoms with Crippen molar-refractivity contribution in [3.63, 3.8) is 0 Å².